The molecule has 1 aromatic heterocycles. The van der Waals surface area contributed by atoms with Gasteiger partial charge < -0.3 is 12.2 Å². The number of para-hydroxylation sites is 1. The molecule has 2 N–H and O–H groups in total. The van der Waals surface area contributed by atoms with Gasteiger partial charge in [0.15, 0.2) is 5.82 Å². The zero-order valence-electron chi connectivity index (χ0n) is 16.4. The van der Waals surface area contributed by atoms with E-state index in [0.29, 0.717) is 23.2 Å². The number of aromatic nitrogens is 2. The van der Waals surface area contributed by atoms with E-state index in [9.17, 15) is 4.79 Å². The van der Waals surface area contributed by atoms with Crippen LogP contribution in [0.1, 0.15) is 43.0 Å². The Bertz CT molecular complexity index is 865. The maximum atomic E-state index is 12.9. The van der Waals surface area contributed by atoms with Gasteiger partial charge in [-0.25, -0.2) is 4.99 Å². The summed E-state index contributed by atoms with van der Waals surface area (Å²) in [5, 5.41) is 10.7. The van der Waals surface area contributed by atoms with Gasteiger partial charge in [-0.3, -0.25) is 19.7 Å². The first-order chi connectivity index (χ1) is 13.2. The number of hydrogen-bond acceptors (Lipinski definition) is 5. The first kappa shape index (κ1) is 21.0. The molecule has 0 bridgehead atoms. The SMILES string of the molecule is CN1C(=O)c2c(n[nH]c2Nc2ccccc2)N2C1=N[C@@H]1CCC[C@@H]12.[CH2-]CC.[Y]. The van der Waals surface area contributed by atoms with Crippen LogP contribution in [0.4, 0.5) is 17.3 Å². The maximum Gasteiger partial charge on any atom is 0.267 e. The number of H-pyrrole nitrogens is 1. The van der Waals surface area contributed by atoms with E-state index in [2.05, 4.69) is 27.3 Å². The molecule has 2 aliphatic heterocycles. The first-order valence-electron chi connectivity index (χ1n) is 9.50. The van der Waals surface area contributed by atoms with Gasteiger partial charge in [0, 0.05) is 45.4 Å². The number of guanidine groups is 1. The van der Waals surface area contributed by atoms with Crippen LogP contribution >= 0.6 is 0 Å². The third-order valence-corrected chi connectivity index (χ3v) is 5.11. The molecule has 1 radical (unpaired) electrons. The van der Waals surface area contributed by atoms with Crippen molar-refractivity contribution in [2.45, 2.75) is 44.7 Å². The van der Waals surface area contributed by atoms with E-state index in [4.69, 9.17) is 4.99 Å². The van der Waals surface area contributed by atoms with Crippen molar-refractivity contribution in [1.29, 1.82) is 0 Å². The summed E-state index contributed by atoms with van der Waals surface area (Å²) in [5.41, 5.74) is 1.51. The molecule has 1 aromatic carbocycles. The molecule has 5 rings (SSSR count). The van der Waals surface area contributed by atoms with Gasteiger partial charge in [-0.1, -0.05) is 25.1 Å². The molecule has 28 heavy (non-hydrogen) atoms. The Morgan fingerprint density at radius 2 is 2.00 bits per heavy atom. The third kappa shape index (κ3) is 3.50. The minimum Gasteiger partial charge on any atom is -0.344 e. The van der Waals surface area contributed by atoms with Gasteiger partial charge in [0.25, 0.3) is 5.91 Å². The van der Waals surface area contributed by atoms with Crippen LogP contribution in [0.25, 0.3) is 0 Å². The molecule has 8 heteroatoms. The minimum absolute atomic E-state index is 0. The second-order valence-corrected chi connectivity index (χ2v) is 7.02. The normalized spacial score (nSPS) is 21.7. The van der Waals surface area contributed by atoms with Crippen LogP contribution in [-0.2, 0) is 32.7 Å². The Balaban J connectivity index is 0.000000531. The van der Waals surface area contributed by atoms with Crippen molar-refractivity contribution in [3.63, 3.8) is 0 Å². The second kappa shape index (κ2) is 8.74. The Morgan fingerprint density at radius 1 is 1.29 bits per heavy atom. The summed E-state index contributed by atoms with van der Waals surface area (Å²) in [5.74, 6) is 1.99. The summed E-state index contributed by atoms with van der Waals surface area (Å²) in [4.78, 5) is 21.4. The number of hydrogen-bond donors (Lipinski definition) is 2. The van der Waals surface area contributed by atoms with Crippen molar-refractivity contribution in [3.05, 3.63) is 42.8 Å². The number of nitrogens with one attached hydrogen (secondary N) is 2. The summed E-state index contributed by atoms with van der Waals surface area (Å²) >= 11 is 0. The smallest absolute Gasteiger partial charge is 0.267 e. The van der Waals surface area contributed by atoms with Crippen molar-refractivity contribution in [2.24, 2.45) is 4.99 Å². The van der Waals surface area contributed by atoms with Gasteiger partial charge in [0.1, 0.15) is 11.4 Å². The van der Waals surface area contributed by atoms with E-state index in [0.717, 1.165) is 30.9 Å². The summed E-state index contributed by atoms with van der Waals surface area (Å²) in [6, 6.07) is 10.4. The third-order valence-electron chi connectivity index (χ3n) is 5.11. The molecule has 1 saturated carbocycles. The fraction of sp³-hybridized carbons (Fsp3) is 0.400. The van der Waals surface area contributed by atoms with Gasteiger partial charge in [0.2, 0.25) is 5.96 Å². The maximum absolute atomic E-state index is 12.9. The van der Waals surface area contributed by atoms with Crippen molar-refractivity contribution in [2.75, 3.05) is 17.3 Å². The number of amides is 1. The van der Waals surface area contributed by atoms with Gasteiger partial charge >= 0.3 is 0 Å². The summed E-state index contributed by atoms with van der Waals surface area (Å²) < 4.78 is 0. The molecule has 2 atom stereocenters. The molecule has 145 valence electrons. The van der Waals surface area contributed by atoms with Crippen LogP contribution in [0.15, 0.2) is 35.3 Å². The van der Waals surface area contributed by atoms with Crippen LogP contribution in [0, 0.1) is 6.92 Å². The quantitative estimate of drug-likeness (QED) is 0.681. The standard InChI is InChI=1S/C17H18N6O.C3H7.Y/c1-22-16(24)13-14(18-10-6-3-2-4-7-10)20-21-15(13)23-12-9-5-8-11(12)19-17(22)23;1-3-2;/h2-4,6-7,11-12H,5,8-9H2,1H3,(H2,18,20,21);1,3H2,2H3;/q;-1;/t11-,12+;;/m1../s1. The van der Waals surface area contributed by atoms with E-state index >= 15 is 0 Å². The molecule has 0 unspecified atom stereocenters. The molecule has 1 aliphatic carbocycles. The molecule has 1 fully saturated rings. The number of benzene rings is 1. The van der Waals surface area contributed by atoms with E-state index in [1.165, 1.54) is 6.42 Å². The minimum atomic E-state index is -0.0767. The number of anilines is 3. The van der Waals surface area contributed by atoms with E-state index in [1.54, 1.807) is 11.9 Å². The zero-order chi connectivity index (χ0) is 19.0. The fourth-order valence-corrected chi connectivity index (χ4v) is 3.96. The van der Waals surface area contributed by atoms with Crippen LogP contribution in [0.5, 0.6) is 0 Å². The molecule has 7 nitrogen and oxygen atoms in total. The molecule has 1 amide bonds. The Morgan fingerprint density at radius 3 is 2.71 bits per heavy atom. The van der Waals surface area contributed by atoms with Crippen molar-refractivity contribution < 1.29 is 37.5 Å². The molecule has 0 saturated heterocycles. The topological polar surface area (TPSA) is 76.6 Å². The predicted octanol–water partition coefficient (Wildman–Crippen LogP) is 3.56. The average molecular weight is 454 g/mol. The Kier molecular flexibility index (Phi) is 6.55. The predicted molar refractivity (Wildman–Crippen MR) is 107 cm³/mol. The van der Waals surface area contributed by atoms with E-state index in [1.807, 2.05) is 37.3 Å². The zero-order valence-corrected chi connectivity index (χ0v) is 19.2. The molecular weight excluding hydrogens is 429 g/mol. The second-order valence-electron chi connectivity index (χ2n) is 7.02. The fourth-order valence-electron chi connectivity index (χ4n) is 3.96. The van der Waals surface area contributed by atoms with Gasteiger partial charge in [-0.05, 0) is 31.4 Å². The molecule has 2 aromatic rings. The van der Waals surface area contributed by atoms with Crippen LogP contribution in [0.3, 0.4) is 0 Å². The van der Waals surface area contributed by atoms with Crippen LogP contribution < -0.4 is 10.2 Å². The number of aromatic amines is 1. The number of carbonyl (C=O) groups excluding carboxylic acids is 1. The molecule has 0 spiro atoms. The summed E-state index contributed by atoms with van der Waals surface area (Å²) in [6.45, 7) is 5.50. The number of aliphatic imine (C=N–C) groups is 1. The molecule has 3 aliphatic rings. The number of rotatable bonds is 2. The Hall–Kier alpha value is -1.73. The monoisotopic (exact) mass is 454 g/mol. The summed E-state index contributed by atoms with van der Waals surface area (Å²) in [6.07, 6.45) is 4.35. The number of fused-ring (bicyclic) bond motifs is 5. The van der Waals surface area contributed by atoms with Crippen molar-refractivity contribution >= 4 is 29.2 Å². The largest absolute Gasteiger partial charge is 0.344 e. The molecular formula is C20H25N6OY-. The van der Waals surface area contributed by atoms with E-state index < -0.39 is 0 Å². The van der Waals surface area contributed by atoms with Crippen LogP contribution in [-0.4, -0.2) is 46.1 Å². The Labute approximate surface area is 190 Å². The van der Waals surface area contributed by atoms with Crippen LogP contribution in [0.2, 0.25) is 0 Å². The van der Waals surface area contributed by atoms with Gasteiger partial charge in [0.05, 0.1) is 12.1 Å². The number of carbonyl (C=O) groups is 1. The van der Waals surface area contributed by atoms with Crippen molar-refractivity contribution in [3.8, 4) is 0 Å². The van der Waals surface area contributed by atoms with Gasteiger partial charge in [-0.2, -0.15) is 11.5 Å². The van der Waals surface area contributed by atoms with Crippen molar-refractivity contribution in [1.82, 2.24) is 15.1 Å². The summed E-state index contributed by atoms with van der Waals surface area (Å²) in [7, 11) is 1.79. The average Bonchev–Trinajstić information content (AvgIpc) is 3.35. The molecule has 3 heterocycles. The number of nitrogens with zero attached hydrogens (tertiary/aromatic N) is 4. The van der Waals surface area contributed by atoms with Gasteiger partial charge in [-0.15, -0.1) is 0 Å². The van der Waals surface area contributed by atoms with E-state index in [-0.39, 0.29) is 44.7 Å². The first-order valence-corrected chi connectivity index (χ1v) is 9.50.